The molecule has 1 amide bonds. The fourth-order valence-electron chi connectivity index (χ4n) is 4.25. The third kappa shape index (κ3) is 3.50. The van der Waals surface area contributed by atoms with Crippen molar-refractivity contribution in [1.82, 2.24) is 14.5 Å². The van der Waals surface area contributed by atoms with Crippen LogP contribution in [0, 0.1) is 0 Å². The van der Waals surface area contributed by atoms with Gasteiger partial charge in [-0.3, -0.25) is 4.79 Å². The average Bonchev–Trinajstić information content (AvgIpc) is 3.01. The summed E-state index contributed by atoms with van der Waals surface area (Å²) >= 11 is 0. The van der Waals surface area contributed by atoms with E-state index in [4.69, 9.17) is 10.7 Å². The van der Waals surface area contributed by atoms with Crippen molar-refractivity contribution in [2.24, 2.45) is 5.73 Å². The number of nitrogens with zero attached hydrogens (tertiary/aromatic N) is 3. The molecule has 3 rings (SSSR count). The number of benzene rings is 1. The molecular formula is C21H32N4O. The van der Waals surface area contributed by atoms with Crippen molar-refractivity contribution < 1.29 is 4.79 Å². The summed E-state index contributed by atoms with van der Waals surface area (Å²) in [6, 6.07) is 8.64. The quantitative estimate of drug-likeness (QED) is 0.885. The van der Waals surface area contributed by atoms with E-state index >= 15 is 0 Å². The van der Waals surface area contributed by atoms with Crippen molar-refractivity contribution in [3.63, 3.8) is 0 Å². The zero-order chi connectivity index (χ0) is 18.9. The lowest BCUT2D eigenvalue weighted by atomic mass is 9.91. The number of aromatic nitrogens is 2. The van der Waals surface area contributed by atoms with Crippen LogP contribution >= 0.6 is 0 Å². The third-order valence-electron chi connectivity index (χ3n) is 5.47. The predicted molar refractivity (Wildman–Crippen MR) is 106 cm³/mol. The van der Waals surface area contributed by atoms with Gasteiger partial charge in [0.25, 0.3) is 0 Å². The van der Waals surface area contributed by atoms with Gasteiger partial charge >= 0.3 is 0 Å². The summed E-state index contributed by atoms with van der Waals surface area (Å²) in [6.07, 6.45) is 3.70. The molecule has 1 fully saturated rings. The molecule has 1 aliphatic heterocycles. The minimum absolute atomic E-state index is 0.0799. The lowest BCUT2D eigenvalue weighted by Gasteiger charge is -2.37. The van der Waals surface area contributed by atoms with Gasteiger partial charge < -0.3 is 15.2 Å². The number of fused-ring (bicyclic) bond motifs is 1. The fourth-order valence-corrected chi connectivity index (χ4v) is 4.25. The molecule has 1 saturated heterocycles. The van der Waals surface area contributed by atoms with Crippen LogP contribution in [0.3, 0.4) is 0 Å². The molecule has 0 radical (unpaired) electrons. The zero-order valence-electron chi connectivity index (χ0n) is 16.5. The minimum atomic E-state index is -0.769. The van der Waals surface area contributed by atoms with Gasteiger partial charge in [0, 0.05) is 25.0 Å². The number of hydrogen-bond donors (Lipinski definition) is 1. The Morgan fingerprint density at radius 2 is 2.12 bits per heavy atom. The third-order valence-corrected chi connectivity index (χ3v) is 5.47. The summed E-state index contributed by atoms with van der Waals surface area (Å²) in [6.45, 7) is 9.84. The molecule has 2 aromatic rings. The van der Waals surface area contributed by atoms with Crippen molar-refractivity contribution in [2.75, 3.05) is 13.1 Å². The highest BCUT2D eigenvalue weighted by molar-refractivity contribution is 5.85. The number of hydrogen-bond acceptors (Lipinski definition) is 3. The first-order chi connectivity index (χ1) is 12.3. The molecular weight excluding hydrogens is 324 g/mol. The maximum absolute atomic E-state index is 13.0. The number of likely N-dealkylation sites (tertiary alicyclic amines) is 1. The number of nitrogens with two attached hydrogens (primary N) is 1. The molecule has 2 heterocycles. The number of imidazole rings is 1. The molecule has 142 valence electrons. The standard InChI is InChI=1S/C21H32N4O/c1-5-12-21(4,22)20(26)24-13-8-9-16(14-24)19-23-17-10-6-7-11-18(17)25(19)15(2)3/h6-7,10-11,15-16H,5,8-9,12-14,22H2,1-4H3. The summed E-state index contributed by atoms with van der Waals surface area (Å²) < 4.78 is 2.33. The number of rotatable bonds is 5. The smallest absolute Gasteiger partial charge is 0.242 e. The van der Waals surface area contributed by atoms with Crippen LogP contribution in [-0.4, -0.2) is 39.0 Å². The molecule has 2 atom stereocenters. The Morgan fingerprint density at radius 1 is 1.38 bits per heavy atom. The van der Waals surface area contributed by atoms with E-state index in [0.717, 1.165) is 43.6 Å². The first-order valence-corrected chi connectivity index (χ1v) is 9.90. The van der Waals surface area contributed by atoms with E-state index in [1.807, 2.05) is 17.9 Å². The van der Waals surface area contributed by atoms with Gasteiger partial charge in [-0.2, -0.15) is 0 Å². The Balaban J connectivity index is 1.90. The fraction of sp³-hybridized carbons (Fsp3) is 0.619. The molecule has 1 aromatic heterocycles. The molecule has 0 saturated carbocycles. The summed E-state index contributed by atoms with van der Waals surface area (Å²) in [5.74, 6) is 1.45. The summed E-state index contributed by atoms with van der Waals surface area (Å²) in [5.41, 5.74) is 7.76. The highest BCUT2D eigenvalue weighted by Gasteiger charge is 2.36. The van der Waals surface area contributed by atoms with E-state index < -0.39 is 5.54 Å². The van der Waals surface area contributed by atoms with Crippen molar-refractivity contribution in [2.45, 2.75) is 70.9 Å². The van der Waals surface area contributed by atoms with Crippen LogP contribution < -0.4 is 5.73 Å². The zero-order valence-corrected chi connectivity index (χ0v) is 16.5. The van der Waals surface area contributed by atoms with Gasteiger partial charge in [0.15, 0.2) is 0 Å². The number of amides is 1. The van der Waals surface area contributed by atoms with Crippen LogP contribution in [0.4, 0.5) is 0 Å². The van der Waals surface area contributed by atoms with Crippen molar-refractivity contribution in [3.8, 4) is 0 Å². The number of para-hydroxylation sites is 2. The number of carbonyl (C=O) groups excluding carboxylic acids is 1. The van der Waals surface area contributed by atoms with E-state index in [2.05, 4.69) is 43.5 Å². The molecule has 5 nitrogen and oxygen atoms in total. The van der Waals surface area contributed by atoms with Crippen LogP contribution in [-0.2, 0) is 4.79 Å². The van der Waals surface area contributed by atoms with Gasteiger partial charge in [0.2, 0.25) is 5.91 Å². The van der Waals surface area contributed by atoms with E-state index in [9.17, 15) is 4.79 Å². The summed E-state index contributed by atoms with van der Waals surface area (Å²) in [7, 11) is 0. The second-order valence-electron chi connectivity index (χ2n) is 8.18. The van der Waals surface area contributed by atoms with Crippen molar-refractivity contribution in [3.05, 3.63) is 30.1 Å². The van der Waals surface area contributed by atoms with Gasteiger partial charge in [0.1, 0.15) is 5.82 Å². The summed E-state index contributed by atoms with van der Waals surface area (Å²) in [4.78, 5) is 19.9. The maximum atomic E-state index is 13.0. The Morgan fingerprint density at radius 3 is 2.81 bits per heavy atom. The highest BCUT2D eigenvalue weighted by Crippen LogP contribution is 2.32. The lowest BCUT2D eigenvalue weighted by molar-refractivity contribution is -0.138. The second kappa shape index (κ2) is 7.39. The van der Waals surface area contributed by atoms with E-state index in [1.54, 1.807) is 0 Å². The molecule has 0 aliphatic carbocycles. The molecule has 26 heavy (non-hydrogen) atoms. The SMILES string of the molecule is CCCC(C)(N)C(=O)N1CCCC(c2nc3ccccc3n2C(C)C)C1. The predicted octanol–water partition coefficient (Wildman–Crippen LogP) is 3.84. The van der Waals surface area contributed by atoms with Gasteiger partial charge in [-0.15, -0.1) is 0 Å². The highest BCUT2D eigenvalue weighted by atomic mass is 16.2. The second-order valence-corrected chi connectivity index (χ2v) is 8.18. The van der Waals surface area contributed by atoms with Gasteiger partial charge in [0.05, 0.1) is 16.6 Å². The first kappa shape index (κ1) is 18.9. The Kier molecular flexibility index (Phi) is 5.37. The summed E-state index contributed by atoms with van der Waals surface area (Å²) in [5, 5.41) is 0. The minimum Gasteiger partial charge on any atom is -0.340 e. The molecule has 5 heteroatoms. The molecule has 1 aliphatic rings. The van der Waals surface area contributed by atoms with Gasteiger partial charge in [-0.05, 0) is 52.2 Å². The van der Waals surface area contributed by atoms with Crippen molar-refractivity contribution in [1.29, 1.82) is 0 Å². The molecule has 2 unspecified atom stereocenters. The van der Waals surface area contributed by atoms with Crippen LogP contribution in [0.1, 0.15) is 71.2 Å². The maximum Gasteiger partial charge on any atom is 0.242 e. The topological polar surface area (TPSA) is 64.2 Å². The Labute approximate surface area is 156 Å². The molecule has 0 bridgehead atoms. The van der Waals surface area contributed by atoms with E-state index in [1.165, 1.54) is 5.52 Å². The first-order valence-electron chi connectivity index (χ1n) is 9.90. The molecule has 0 spiro atoms. The Hall–Kier alpha value is -1.88. The normalized spacial score (nSPS) is 20.5. The van der Waals surface area contributed by atoms with Crippen LogP contribution in [0.15, 0.2) is 24.3 Å². The average molecular weight is 357 g/mol. The van der Waals surface area contributed by atoms with Crippen LogP contribution in [0.2, 0.25) is 0 Å². The van der Waals surface area contributed by atoms with Gasteiger partial charge in [-0.25, -0.2) is 4.98 Å². The molecule has 1 aromatic carbocycles. The monoisotopic (exact) mass is 356 g/mol. The van der Waals surface area contributed by atoms with Crippen LogP contribution in [0.25, 0.3) is 11.0 Å². The van der Waals surface area contributed by atoms with Crippen LogP contribution in [0.5, 0.6) is 0 Å². The van der Waals surface area contributed by atoms with Gasteiger partial charge in [-0.1, -0.05) is 25.5 Å². The van der Waals surface area contributed by atoms with E-state index in [0.29, 0.717) is 12.6 Å². The number of piperidine rings is 1. The largest absolute Gasteiger partial charge is 0.340 e. The lowest BCUT2D eigenvalue weighted by Crippen LogP contribution is -2.55. The van der Waals surface area contributed by atoms with Crippen molar-refractivity contribution >= 4 is 16.9 Å². The molecule has 2 N–H and O–H groups in total. The Bertz CT molecular complexity index is 777. The number of carbonyl (C=O) groups is 1. The van der Waals surface area contributed by atoms with E-state index in [-0.39, 0.29) is 11.8 Å².